The highest BCUT2D eigenvalue weighted by atomic mass is 16.5. The van der Waals surface area contributed by atoms with Gasteiger partial charge in [-0.15, -0.1) is 0 Å². The first-order chi connectivity index (χ1) is 10.1. The van der Waals surface area contributed by atoms with Crippen LogP contribution in [0.15, 0.2) is 36.4 Å². The molecule has 2 heteroatoms. The Morgan fingerprint density at radius 1 is 1.05 bits per heavy atom. The van der Waals surface area contributed by atoms with Gasteiger partial charge in [0, 0.05) is 11.3 Å². The molecule has 1 aliphatic rings. The third-order valence-corrected chi connectivity index (χ3v) is 4.06. The number of hydrogen-bond acceptors (Lipinski definition) is 2. The average Bonchev–Trinajstić information content (AvgIpc) is 2.62. The molecule has 0 amide bonds. The largest absolute Gasteiger partial charge is 0.493 e. The Bertz CT molecular complexity index is 628. The lowest BCUT2D eigenvalue weighted by atomic mass is 9.99. The zero-order valence-corrected chi connectivity index (χ0v) is 13.1. The van der Waals surface area contributed by atoms with Crippen molar-refractivity contribution in [1.29, 1.82) is 0 Å². The summed E-state index contributed by atoms with van der Waals surface area (Å²) in [6, 6.07) is 13.4. The van der Waals surface area contributed by atoms with Crippen LogP contribution in [0.4, 0.5) is 5.69 Å². The smallest absolute Gasteiger partial charge is 0.127 e. The van der Waals surface area contributed by atoms with Gasteiger partial charge < -0.3 is 10.1 Å². The van der Waals surface area contributed by atoms with E-state index >= 15 is 0 Å². The standard InChI is InChI=1S/C19H23NO/c1-13-10-14(2)12-16(11-13)20-18-8-5-9-21-19-15(3)6-4-7-17(18)19/h4,6-7,10-12,18,20H,5,8-9H2,1-3H3. The van der Waals surface area contributed by atoms with Gasteiger partial charge in [-0.3, -0.25) is 0 Å². The fourth-order valence-corrected chi connectivity index (χ4v) is 3.17. The third kappa shape index (κ3) is 3.05. The van der Waals surface area contributed by atoms with Crippen LogP contribution in [0.1, 0.15) is 41.1 Å². The summed E-state index contributed by atoms with van der Waals surface area (Å²) in [7, 11) is 0. The molecule has 2 aromatic rings. The molecule has 2 nitrogen and oxygen atoms in total. The number of aryl methyl sites for hydroxylation is 3. The van der Waals surface area contributed by atoms with Gasteiger partial charge in [0.1, 0.15) is 5.75 Å². The van der Waals surface area contributed by atoms with Gasteiger partial charge in [-0.1, -0.05) is 24.3 Å². The van der Waals surface area contributed by atoms with Crippen molar-refractivity contribution < 1.29 is 4.74 Å². The van der Waals surface area contributed by atoms with Gasteiger partial charge >= 0.3 is 0 Å². The molecule has 0 aliphatic carbocycles. The van der Waals surface area contributed by atoms with Crippen molar-refractivity contribution in [3.05, 3.63) is 58.7 Å². The molecule has 0 radical (unpaired) electrons. The highest BCUT2D eigenvalue weighted by molar-refractivity contribution is 5.52. The maximum Gasteiger partial charge on any atom is 0.127 e. The molecule has 0 spiro atoms. The Kier molecular flexibility index (Phi) is 3.87. The Balaban J connectivity index is 1.94. The Morgan fingerprint density at radius 3 is 2.57 bits per heavy atom. The first-order valence-electron chi connectivity index (χ1n) is 7.70. The van der Waals surface area contributed by atoms with E-state index < -0.39 is 0 Å². The number of anilines is 1. The molecular weight excluding hydrogens is 258 g/mol. The van der Waals surface area contributed by atoms with E-state index in [1.54, 1.807) is 0 Å². The molecule has 0 bridgehead atoms. The van der Waals surface area contributed by atoms with E-state index in [-0.39, 0.29) is 0 Å². The lowest BCUT2D eigenvalue weighted by Crippen LogP contribution is -2.10. The number of fused-ring (bicyclic) bond motifs is 1. The second-order valence-corrected chi connectivity index (χ2v) is 6.06. The highest BCUT2D eigenvalue weighted by Gasteiger charge is 2.20. The zero-order chi connectivity index (χ0) is 14.8. The quantitative estimate of drug-likeness (QED) is 0.842. The molecule has 21 heavy (non-hydrogen) atoms. The van der Waals surface area contributed by atoms with Crippen molar-refractivity contribution >= 4 is 5.69 Å². The molecular formula is C19H23NO. The molecule has 0 saturated carbocycles. The minimum Gasteiger partial charge on any atom is -0.493 e. The molecule has 2 aromatic carbocycles. The van der Waals surface area contributed by atoms with Crippen molar-refractivity contribution in [3.63, 3.8) is 0 Å². The number of hydrogen-bond donors (Lipinski definition) is 1. The van der Waals surface area contributed by atoms with Crippen LogP contribution in [0, 0.1) is 20.8 Å². The summed E-state index contributed by atoms with van der Waals surface area (Å²) < 4.78 is 5.95. The SMILES string of the molecule is Cc1cc(C)cc(NC2CCCOc3c(C)cccc32)c1. The molecule has 0 saturated heterocycles. The van der Waals surface area contributed by atoms with Crippen molar-refractivity contribution in [3.8, 4) is 5.75 Å². The van der Waals surface area contributed by atoms with Crippen LogP contribution >= 0.6 is 0 Å². The molecule has 1 aliphatic heterocycles. The first-order valence-corrected chi connectivity index (χ1v) is 7.70. The summed E-state index contributed by atoms with van der Waals surface area (Å²) in [6.07, 6.45) is 2.18. The molecule has 3 rings (SSSR count). The van der Waals surface area contributed by atoms with E-state index in [2.05, 4.69) is 62.5 Å². The second kappa shape index (κ2) is 5.80. The molecule has 110 valence electrons. The number of benzene rings is 2. The summed E-state index contributed by atoms with van der Waals surface area (Å²) in [5.41, 5.74) is 6.30. The fraction of sp³-hybridized carbons (Fsp3) is 0.368. The van der Waals surface area contributed by atoms with Crippen LogP contribution in [0.5, 0.6) is 5.75 Å². The first kappa shape index (κ1) is 14.0. The number of rotatable bonds is 2. The van der Waals surface area contributed by atoms with E-state index in [4.69, 9.17) is 4.74 Å². The average molecular weight is 281 g/mol. The van der Waals surface area contributed by atoms with Crippen LogP contribution in [-0.4, -0.2) is 6.61 Å². The van der Waals surface area contributed by atoms with Crippen molar-refractivity contribution in [2.75, 3.05) is 11.9 Å². The van der Waals surface area contributed by atoms with Gasteiger partial charge in [0.25, 0.3) is 0 Å². The van der Waals surface area contributed by atoms with Gasteiger partial charge in [0.05, 0.1) is 12.6 Å². The molecule has 0 aromatic heterocycles. The minimum absolute atomic E-state index is 0.323. The van der Waals surface area contributed by atoms with E-state index in [1.165, 1.54) is 27.9 Å². The normalized spacial score (nSPS) is 17.6. The molecule has 0 fully saturated rings. The van der Waals surface area contributed by atoms with Crippen LogP contribution in [-0.2, 0) is 0 Å². The maximum absolute atomic E-state index is 5.95. The van der Waals surface area contributed by atoms with Crippen molar-refractivity contribution in [2.45, 2.75) is 39.7 Å². The van der Waals surface area contributed by atoms with Crippen molar-refractivity contribution in [1.82, 2.24) is 0 Å². The van der Waals surface area contributed by atoms with Gasteiger partial charge in [-0.05, 0) is 62.4 Å². The Labute approximate surface area is 127 Å². The highest BCUT2D eigenvalue weighted by Crippen LogP contribution is 2.36. The lowest BCUT2D eigenvalue weighted by Gasteiger charge is -2.21. The molecule has 1 heterocycles. The monoisotopic (exact) mass is 281 g/mol. The number of ether oxygens (including phenoxy) is 1. The summed E-state index contributed by atoms with van der Waals surface area (Å²) >= 11 is 0. The maximum atomic E-state index is 5.95. The zero-order valence-electron chi connectivity index (χ0n) is 13.1. The minimum atomic E-state index is 0.323. The van der Waals surface area contributed by atoms with E-state index in [9.17, 15) is 0 Å². The topological polar surface area (TPSA) is 21.3 Å². The third-order valence-electron chi connectivity index (χ3n) is 4.06. The fourth-order valence-electron chi connectivity index (χ4n) is 3.17. The van der Waals surface area contributed by atoms with Gasteiger partial charge in [0.2, 0.25) is 0 Å². The van der Waals surface area contributed by atoms with E-state index in [1.807, 2.05) is 0 Å². The van der Waals surface area contributed by atoms with Gasteiger partial charge in [0.15, 0.2) is 0 Å². The van der Waals surface area contributed by atoms with Crippen LogP contribution in [0.2, 0.25) is 0 Å². The Hall–Kier alpha value is -1.96. The number of para-hydroxylation sites is 1. The van der Waals surface area contributed by atoms with Crippen LogP contribution in [0.3, 0.4) is 0 Å². The van der Waals surface area contributed by atoms with Crippen LogP contribution in [0.25, 0.3) is 0 Å². The molecule has 1 atom stereocenters. The van der Waals surface area contributed by atoms with Gasteiger partial charge in [-0.25, -0.2) is 0 Å². The van der Waals surface area contributed by atoms with E-state index in [0.717, 1.165) is 25.2 Å². The predicted octanol–water partition coefficient (Wildman–Crippen LogP) is 4.94. The Morgan fingerprint density at radius 2 is 1.81 bits per heavy atom. The summed E-state index contributed by atoms with van der Waals surface area (Å²) in [6.45, 7) is 7.22. The van der Waals surface area contributed by atoms with E-state index in [0.29, 0.717) is 6.04 Å². The number of nitrogens with one attached hydrogen (secondary N) is 1. The molecule has 1 unspecified atom stereocenters. The summed E-state index contributed by atoms with van der Waals surface area (Å²) in [5.74, 6) is 1.07. The molecule has 1 N–H and O–H groups in total. The predicted molar refractivity (Wildman–Crippen MR) is 88.2 cm³/mol. The summed E-state index contributed by atoms with van der Waals surface area (Å²) in [4.78, 5) is 0. The van der Waals surface area contributed by atoms with Crippen LogP contribution < -0.4 is 10.1 Å². The van der Waals surface area contributed by atoms with Gasteiger partial charge in [-0.2, -0.15) is 0 Å². The lowest BCUT2D eigenvalue weighted by molar-refractivity contribution is 0.314. The second-order valence-electron chi connectivity index (χ2n) is 6.06. The summed E-state index contributed by atoms with van der Waals surface area (Å²) in [5, 5.41) is 3.71. The van der Waals surface area contributed by atoms with Crippen molar-refractivity contribution in [2.24, 2.45) is 0 Å².